The van der Waals surface area contributed by atoms with Crippen molar-refractivity contribution >= 4 is 17.6 Å². The summed E-state index contributed by atoms with van der Waals surface area (Å²) in [6, 6.07) is 15.1. The maximum Gasteiger partial charge on any atom is 0.341 e. The number of aliphatic carboxylic acids is 1. The predicted octanol–water partition coefficient (Wildman–Crippen LogP) is 3.22. The Hall–Kier alpha value is -2.82. The molecule has 1 saturated carbocycles. The molecule has 0 aliphatic heterocycles. The first kappa shape index (κ1) is 17.0. The third-order valence-electron chi connectivity index (χ3n) is 4.61. The lowest BCUT2D eigenvalue weighted by Crippen LogP contribution is -2.28. The number of aryl methyl sites for hydroxylation is 1. The summed E-state index contributed by atoms with van der Waals surface area (Å²) >= 11 is 0. The Morgan fingerprint density at radius 3 is 2.48 bits per heavy atom. The lowest BCUT2D eigenvalue weighted by Gasteiger charge is -2.18. The van der Waals surface area contributed by atoms with Gasteiger partial charge in [-0.25, -0.2) is 4.79 Å². The van der Waals surface area contributed by atoms with Gasteiger partial charge in [-0.15, -0.1) is 0 Å². The van der Waals surface area contributed by atoms with Crippen LogP contribution in [-0.4, -0.2) is 30.6 Å². The molecule has 130 valence electrons. The van der Waals surface area contributed by atoms with Gasteiger partial charge in [-0.2, -0.15) is 0 Å². The zero-order valence-corrected chi connectivity index (χ0v) is 14.3. The molecular weight excluding hydrogens is 318 g/mol. The largest absolute Gasteiger partial charge is 0.482 e. The van der Waals surface area contributed by atoms with Gasteiger partial charge < -0.3 is 14.7 Å². The quantitative estimate of drug-likeness (QED) is 0.877. The summed E-state index contributed by atoms with van der Waals surface area (Å²) in [4.78, 5) is 24.9. The number of hydrogen-bond acceptors (Lipinski definition) is 3. The van der Waals surface area contributed by atoms with Gasteiger partial charge in [-0.1, -0.05) is 24.3 Å². The SMILES string of the molecule is Cc1ccccc1C1CC1C(=O)N(C)c1ccc(OCC(=O)O)cc1. The highest BCUT2D eigenvalue weighted by Gasteiger charge is 2.45. The molecule has 1 aliphatic rings. The summed E-state index contributed by atoms with van der Waals surface area (Å²) in [7, 11) is 1.77. The van der Waals surface area contributed by atoms with Gasteiger partial charge in [0.25, 0.3) is 0 Å². The van der Waals surface area contributed by atoms with Gasteiger partial charge in [-0.3, -0.25) is 4.79 Å². The van der Waals surface area contributed by atoms with Gasteiger partial charge in [0.2, 0.25) is 5.91 Å². The third-order valence-corrected chi connectivity index (χ3v) is 4.61. The number of anilines is 1. The highest BCUT2D eigenvalue weighted by Crippen LogP contribution is 2.49. The lowest BCUT2D eigenvalue weighted by molar-refractivity contribution is -0.139. The molecule has 2 unspecified atom stereocenters. The molecule has 3 rings (SSSR count). The zero-order valence-electron chi connectivity index (χ0n) is 14.3. The van der Waals surface area contributed by atoms with Crippen LogP contribution in [-0.2, 0) is 9.59 Å². The maximum absolute atomic E-state index is 12.7. The average molecular weight is 339 g/mol. The van der Waals surface area contributed by atoms with E-state index in [1.54, 1.807) is 36.2 Å². The van der Waals surface area contributed by atoms with Crippen molar-refractivity contribution in [3.05, 3.63) is 59.7 Å². The van der Waals surface area contributed by atoms with Gasteiger partial charge in [0, 0.05) is 18.7 Å². The minimum absolute atomic E-state index is 0.0223. The molecular formula is C20H21NO4. The summed E-state index contributed by atoms with van der Waals surface area (Å²) in [5.74, 6) is -0.126. The first-order valence-corrected chi connectivity index (χ1v) is 8.25. The van der Waals surface area contributed by atoms with Crippen LogP contribution < -0.4 is 9.64 Å². The number of ether oxygens (including phenoxy) is 1. The van der Waals surface area contributed by atoms with Crippen LogP contribution >= 0.6 is 0 Å². The Morgan fingerprint density at radius 1 is 1.16 bits per heavy atom. The van der Waals surface area contributed by atoms with E-state index in [0.29, 0.717) is 11.7 Å². The van der Waals surface area contributed by atoms with Crippen molar-refractivity contribution in [2.75, 3.05) is 18.6 Å². The van der Waals surface area contributed by atoms with Crippen LogP contribution in [0.5, 0.6) is 5.75 Å². The molecule has 2 atom stereocenters. The van der Waals surface area contributed by atoms with Crippen molar-refractivity contribution in [2.45, 2.75) is 19.3 Å². The minimum atomic E-state index is -1.02. The van der Waals surface area contributed by atoms with Crippen LogP contribution in [0.2, 0.25) is 0 Å². The highest BCUT2D eigenvalue weighted by molar-refractivity contribution is 5.97. The standard InChI is InChI=1S/C20H21NO4/c1-13-5-3-4-6-16(13)17-11-18(17)20(24)21(2)14-7-9-15(10-8-14)25-12-19(22)23/h3-10,17-18H,11-12H2,1-2H3,(H,22,23). The molecule has 0 heterocycles. The third kappa shape index (κ3) is 3.82. The van der Waals surface area contributed by atoms with E-state index >= 15 is 0 Å². The molecule has 1 amide bonds. The maximum atomic E-state index is 12.7. The monoisotopic (exact) mass is 339 g/mol. The van der Waals surface area contributed by atoms with E-state index in [4.69, 9.17) is 9.84 Å². The Balaban J connectivity index is 1.63. The topological polar surface area (TPSA) is 66.8 Å². The van der Waals surface area contributed by atoms with Crippen molar-refractivity contribution in [2.24, 2.45) is 5.92 Å². The fraction of sp³-hybridized carbons (Fsp3) is 0.300. The van der Waals surface area contributed by atoms with Gasteiger partial charge >= 0.3 is 5.97 Å². The highest BCUT2D eigenvalue weighted by atomic mass is 16.5. The number of carbonyl (C=O) groups excluding carboxylic acids is 1. The molecule has 1 fully saturated rings. The normalized spacial score (nSPS) is 18.5. The Labute approximate surface area is 146 Å². The molecule has 0 saturated heterocycles. The Kier molecular flexibility index (Phi) is 4.74. The first-order valence-electron chi connectivity index (χ1n) is 8.25. The summed E-state index contributed by atoms with van der Waals surface area (Å²) in [5, 5.41) is 8.62. The fourth-order valence-corrected chi connectivity index (χ4v) is 3.10. The van der Waals surface area contributed by atoms with Crippen LogP contribution in [0.25, 0.3) is 0 Å². The molecule has 5 nitrogen and oxygen atoms in total. The Bertz CT molecular complexity index is 785. The van der Waals surface area contributed by atoms with E-state index in [1.807, 2.05) is 12.1 Å². The average Bonchev–Trinajstić information content (AvgIpc) is 3.40. The zero-order chi connectivity index (χ0) is 18.0. The number of benzene rings is 2. The number of carboxylic acid groups (broad SMARTS) is 1. The summed E-state index contributed by atoms with van der Waals surface area (Å²) in [5.41, 5.74) is 3.25. The second kappa shape index (κ2) is 6.97. The lowest BCUT2D eigenvalue weighted by atomic mass is 10.0. The van der Waals surface area contributed by atoms with Gasteiger partial charge in [0.05, 0.1) is 0 Å². The number of nitrogens with zero attached hydrogens (tertiary/aromatic N) is 1. The summed E-state index contributed by atoms with van der Waals surface area (Å²) in [6.45, 7) is 1.70. The predicted molar refractivity (Wildman–Crippen MR) is 95.0 cm³/mol. The second-order valence-electron chi connectivity index (χ2n) is 6.38. The van der Waals surface area contributed by atoms with E-state index in [2.05, 4.69) is 19.1 Å². The molecule has 0 radical (unpaired) electrons. The molecule has 2 aromatic rings. The molecule has 5 heteroatoms. The van der Waals surface area contributed by atoms with Crippen LogP contribution in [0.4, 0.5) is 5.69 Å². The molecule has 0 spiro atoms. The number of carboxylic acids is 1. The van der Waals surface area contributed by atoms with Crippen molar-refractivity contribution in [1.82, 2.24) is 0 Å². The second-order valence-corrected chi connectivity index (χ2v) is 6.38. The summed E-state index contributed by atoms with van der Waals surface area (Å²) in [6.07, 6.45) is 0.883. The van der Waals surface area contributed by atoms with Gasteiger partial charge in [-0.05, 0) is 54.7 Å². The molecule has 25 heavy (non-hydrogen) atoms. The molecule has 2 aromatic carbocycles. The van der Waals surface area contributed by atoms with Crippen LogP contribution in [0, 0.1) is 12.8 Å². The fourth-order valence-electron chi connectivity index (χ4n) is 3.10. The van der Waals surface area contributed by atoms with E-state index in [-0.39, 0.29) is 18.4 Å². The van der Waals surface area contributed by atoms with Gasteiger partial charge in [0.1, 0.15) is 5.75 Å². The first-order chi connectivity index (χ1) is 12.0. The smallest absolute Gasteiger partial charge is 0.341 e. The summed E-state index contributed by atoms with van der Waals surface area (Å²) < 4.78 is 5.11. The van der Waals surface area contributed by atoms with E-state index in [9.17, 15) is 9.59 Å². The van der Waals surface area contributed by atoms with Crippen molar-refractivity contribution in [3.63, 3.8) is 0 Å². The van der Waals surface area contributed by atoms with Crippen molar-refractivity contribution < 1.29 is 19.4 Å². The molecule has 0 aromatic heterocycles. The molecule has 1 N–H and O–H groups in total. The number of rotatable bonds is 6. The van der Waals surface area contributed by atoms with Crippen LogP contribution in [0.1, 0.15) is 23.5 Å². The van der Waals surface area contributed by atoms with E-state index in [1.165, 1.54) is 11.1 Å². The van der Waals surface area contributed by atoms with Crippen LogP contribution in [0.3, 0.4) is 0 Å². The number of carbonyl (C=O) groups is 2. The van der Waals surface area contributed by atoms with Crippen LogP contribution in [0.15, 0.2) is 48.5 Å². The Morgan fingerprint density at radius 2 is 1.84 bits per heavy atom. The number of hydrogen-bond donors (Lipinski definition) is 1. The minimum Gasteiger partial charge on any atom is -0.482 e. The number of amides is 1. The van der Waals surface area contributed by atoms with Crippen molar-refractivity contribution in [1.29, 1.82) is 0 Å². The molecule has 1 aliphatic carbocycles. The van der Waals surface area contributed by atoms with E-state index in [0.717, 1.165) is 12.1 Å². The van der Waals surface area contributed by atoms with Crippen molar-refractivity contribution in [3.8, 4) is 5.75 Å². The molecule has 0 bridgehead atoms. The van der Waals surface area contributed by atoms with Gasteiger partial charge in [0.15, 0.2) is 6.61 Å². The van der Waals surface area contributed by atoms with E-state index < -0.39 is 5.97 Å².